The van der Waals surface area contributed by atoms with Crippen molar-refractivity contribution >= 4 is 17.4 Å². The van der Waals surface area contributed by atoms with Crippen LogP contribution in [0.5, 0.6) is 0 Å². The summed E-state index contributed by atoms with van der Waals surface area (Å²) in [4.78, 5) is 19.0. The molecule has 0 atom stereocenters. The average molecular weight is 499 g/mol. The van der Waals surface area contributed by atoms with E-state index in [1.165, 1.54) is 6.07 Å². The van der Waals surface area contributed by atoms with Gasteiger partial charge in [-0.25, -0.2) is 4.98 Å². The minimum atomic E-state index is -4.65. The Morgan fingerprint density at radius 1 is 1.11 bits per heavy atom. The number of nitrogens with zero attached hydrogens (tertiary/aromatic N) is 6. The summed E-state index contributed by atoms with van der Waals surface area (Å²) >= 11 is 0. The van der Waals surface area contributed by atoms with Crippen LogP contribution in [0.4, 0.5) is 19.0 Å². The van der Waals surface area contributed by atoms with E-state index in [0.717, 1.165) is 16.8 Å². The molecule has 3 aromatic heterocycles. The van der Waals surface area contributed by atoms with E-state index >= 15 is 0 Å². The number of anilines is 1. The zero-order valence-electron chi connectivity index (χ0n) is 19.5. The fraction of sp³-hybridized carbons (Fsp3) is 0.375. The summed E-state index contributed by atoms with van der Waals surface area (Å²) in [5.41, 5.74) is 2.84. The van der Waals surface area contributed by atoms with Crippen molar-refractivity contribution in [3.8, 4) is 11.5 Å². The van der Waals surface area contributed by atoms with Crippen molar-refractivity contribution in [3.63, 3.8) is 0 Å². The van der Waals surface area contributed by atoms with Gasteiger partial charge in [0.15, 0.2) is 5.65 Å². The van der Waals surface area contributed by atoms with Gasteiger partial charge in [0, 0.05) is 37.5 Å². The van der Waals surface area contributed by atoms with Crippen LogP contribution in [0.25, 0.3) is 17.1 Å². The highest BCUT2D eigenvalue weighted by Crippen LogP contribution is 2.29. The molecule has 1 amide bonds. The van der Waals surface area contributed by atoms with Gasteiger partial charge < -0.3 is 14.6 Å². The first-order valence-electron chi connectivity index (χ1n) is 11.6. The topological polar surface area (TPSA) is 101 Å². The van der Waals surface area contributed by atoms with Gasteiger partial charge in [-0.1, -0.05) is 17.7 Å². The summed E-state index contributed by atoms with van der Waals surface area (Å²) in [6.07, 6.45) is -1.36. The zero-order chi connectivity index (χ0) is 25.3. The van der Waals surface area contributed by atoms with Crippen molar-refractivity contribution in [2.45, 2.75) is 32.4 Å². The molecule has 0 spiro atoms. The number of aromatic nitrogens is 5. The number of carbonyl (C=O) groups excluding carboxylic acids is 1. The number of hydrogen-bond acceptors (Lipinski definition) is 7. The molecule has 0 unspecified atom stereocenters. The monoisotopic (exact) mass is 499 g/mol. The Morgan fingerprint density at radius 3 is 2.58 bits per heavy atom. The van der Waals surface area contributed by atoms with Gasteiger partial charge in [0.1, 0.15) is 12.1 Å². The van der Waals surface area contributed by atoms with Gasteiger partial charge in [0.25, 0.3) is 5.82 Å². The van der Waals surface area contributed by atoms with Gasteiger partial charge in [-0.05, 0) is 44.0 Å². The lowest BCUT2D eigenvalue weighted by atomic mass is 9.96. The molecule has 9 nitrogen and oxygen atoms in total. The third-order valence-corrected chi connectivity index (χ3v) is 6.22. The molecule has 188 valence electrons. The molecule has 1 N–H and O–H groups in total. The largest absolute Gasteiger partial charge is 0.453 e. The van der Waals surface area contributed by atoms with Crippen LogP contribution in [0.3, 0.4) is 0 Å². The van der Waals surface area contributed by atoms with Crippen molar-refractivity contribution in [1.82, 2.24) is 30.1 Å². The molecule has 5 rings (SSSR count). The molecule has 0 bridgehead atoms. The van der Waals surface area contributed by atoms with Crippen LogP contribution in [0.2, 0.25) is 0 Å². The minimum Gasteiger partial charge on any atom is -0.444 e. The number of amides is 1. The van der Waals surface area contributed by atoms with Crippen molar-refractivity contribution in [2.24, 2.45) is 5.92 Å². The highest BCUT2D eigenvalue weighted by atomic mass is 19.4. The van der Waals surface area contributed by atoms with E-state index in [4.69, 9.17) is 4.42 Å². The number of piperidine rings is 1. The van der Waals surface area contributed by atoms with E-state index in [-0.39, 0.29) is 17.5 Å². The molecule has 1 aliphatic heterocycles. The predicted molar refractivity (Wildman–Crippen MR) is 124 cm³/mol. The van der Waals surface area contributed by atoms with Crippen molar-refractivity contribution < 1.29 is 22.4 Å². The van der Waals surface area contributed by atoms with Crippen LogP contribution in [0, 0.1) is 12.8 Å². The first-order chi connectivity index (χ1) is 17.3. The highest BCUT2D eigenvalue weighted by molar-refractivity contribution is 5.79. The van der Waals surface area contributed by atoms with Crippen LogP contribution in [-0.2, 0) is 17.4 Å². The Balaban J connectivity index is 1.12. The third-order valence-electron chi connectivity index (χ3n) is 6.22. The number of fused-ring (bicyclic) bond motifs is 1. The summed E-state index contributed by atoms with van der Waals surface area (Å²) in [5, 5.41) is 13.8. The normalized spacial score (nSPS) is 14.9. The molecular weight excluding hydrogens is 475 g/mol. The quantitative estimate of drug-likeness (QED) is 0.432. The Kier molecular flexibility index (Phi) is 6.33. The lowest BCUT2D eigenvalue weighted by Crippen LogP contribution is -2.41. The zero-order valence-corrected chi connectivity index (χ0v) is 19.5. The number of halogens is 3. The first kappa shape index (κ1) is 23.8. The molecule has 0 aliphatic carbocycles. The summed E-state index contributed by atoms with van der Waals surface area (Å²) < 4.78 is 45.7. The second-order valence-electron chi connectivity index (χ2n) is 8.80. The fourth-order valence-corrected chi connectivity index (χ4v) is 4.20. The number of alkyl halides is 3. The number of hydrogen-bond donors (Lipinski definition) is 1. The van der Waals surface area contributed by atoms with E-state index in [1.807, 2.05) is 36.1 Å². The summed E-state index contributed by atoms with van der Waals surface area (Å²) in [6.45, 7) is 3.46. The summed E-state index contributed by atoms with van der Waals surface area (Å²) in [5.74, 6) is -0.442. The van der Waals surface area contributed by atoms with E-state index in [0.29, 0.717) is 55.1 Å². The third kappa shape index (κ3) is 5.02. The number of nitrogens with one attached hydrogen (secondary N) is 1. The molecule has 1 fully saturated rings. The molecule has 0 saturated carbocycles. The second kappa shape index (κ2) is 9.59. The lowest BCUT2D eigenvalue weighted by Gasteiger charge is -2.32. The number of rotatable bonds is 6. The van der Waals surface area contributed by atoms with Crippen LogP contribution in [0.1, 0.15) is 29.9 Å². The van der Waals surface area contributed by atoms with Gasteiger partial charge in [-0.3, -0.25) is 4.79 Å². The highest BCUT2D eigenvalue weighted by Gasteiger charge is 2.38. The Labute approximate surface area is 204 Å². The average Bonchev–Trinajstić information content (AvgIpc) is 3.51. The van der Waals surface area contributed by atoms with E-state index < -0.39 is 12.0 Å². The van der Waals surface area contributed by atoms with Crippen molar-refractivity contribution in [1.29, 1.82) is 0 Å². The Bertz CT molecular complexity index is 1360. The van der Waals surface area contributed by atoms with Crippen LogP contribution >= 0.6 is 0 Å². The first-order valence-corrected chi connectivity index (χ1v) is 11.6. The van der Waals surface area contributed by atoms with Gasteiger partial charge in [0.2, 0.25) is 11.8 Å². The molecule has 4 aromatic rings. The number of aryl methyl sites for hydroxylation is 1. The predicted octanol–water partition coefficient (Wildman–Crippen LogP) is 3.68. The van der Waals surface area contributed by atoms with E-state index in [2.05, 4.69) is 25.6 Å². The Morgan fingerprint density at radius 2 is 1.86 bits per heavy atom. The van der Waals surface area contributed by atoms with Crippen molar-refractivity contribution in [2.75, 3.05) is 24.5 Å². The molecule has 1 aromatic carbocycles. The van der Waals surface area contributed by atoms with Crippen LogP contribution in [0.15, 0.2) is 47.1 Å². The standard InChI is InChI=1S/C24H24F3N7O2/c1-15-2-4-17(5-3-15)22-29-18(14-36-22)8-11-28-21(35)16-9-12-33(13-10-16)20-7-6-19-30-31-23(24(25,26)27)34(19)32-20/h2-7,14,16H,8-13H2,1H3,(H,28,35). The smallest absolute Gasteiger partial charge is 0.444 e. The number of benzene rings is 1. The molecule has 4 heterocycles. The maximum atomic E-state index is 13.1. The van der Waals surface area contributed by atoms with Gasteiger partial charge in [0.05, 0.1) is 5.69 Å². The van der Waals surface area contributed by atoms with Gasteiger partial charge >= 0.3 is 6.18 Å². The molecule has 0 radical (unpaired) electrons. The van der Waals surface area contributed by atoms with Crippen LogP contribution in [-0.4, -0.2) is 50.3 Å². The van der Waals surface area contributed by atoms with E-state index in [9.17, 15) is 18.0 Å². The molecule has 36 heavy (non-hydrogen) atoms. The summed E-state index contributed by atoms with van der Waals surface area (Å²) in [7, 11) is 0. The maximum absolute atomic E-state index is 13.1. The SMILES string of the molecule is Cc1ccc(-c2nc(CCNC(=O)C3CCN(c4ccc5nnc(C(F)(F)F)n5n4)CC3)co2)cc1. The van der Waals surface area contributed by atoms with Crippen molar-refractivity contribution in [3.05, 3.63) is 59.7 Å². The lowest BCUT2D eigenvalue weighted by molar-refractivity contribution is -0.146. The molecule has 1 aliphatic rings. The molecule has 1 saturated heterocycles. The number of carbonyl (C=O) groups is 1. The molecule has 12 heteroatoms. The van der Waals surface area contributed by atoms with Crippen LogP contribution < -0.4 is 10.2 Å². The fourth-order valence-electron chi connectivity index (χ4n) is 4.20. The van der Waals surface area contributed by atoms with Gasteiger partial charge in [-0.15, -0.1) is 15.3 Å². The Hall–Kier alpha value is -3.96. The minimum absolute atomic E-state index is 0.0263. The number of oxazole rings is 1. The second-order valence-corrected chi connectivity index (χ2v) is 8.80. The maximum Gasteiger partial charge on any atom is 0.453 e. The van der Waals surface area contributed by atoms with Gasteiger partial charge in [-0.2, -0.15) is 17.7 Å². The van der Waals surface area contributed by atoms with E-state index in [1.54, 1.807) is 12.3 Å². The molecular formula is C24H24F3N7O2. The summed E-state index contributed by atoms with van der Waals surface area (Å²) in [6, 6.07) is 11.0.